The lowest BCUT2D eigenvalue weighted by molar-refractivity contribution is -0.118. The zero-order chi connectivity index (χ0) is 16.7. The standard InChI is InChI=1S/C16H23ClN2O3S/c17-13-16(20)18-10-9-14-5-7-15(8-6-14)23(21,22)19-11-3-1-2-4-12-19/h5-8H,1-4,9-13H2,(H,18,20). The number of carbonyl (C=O) groups is 1. The zero-order valence-corrected chi connectivity index (χ0v) is 14.7. The van der Waals surface area contributed by atoms with Gasteiger partial charge >= 0.3 is 0 Å². The van der Waals surface area contributed by atoms with Gasteiger partial charge in [-0.2, -0.15) is 4.31 Å². The maximum atomic E-state index is 12.6. The number of carbonyl (C=O) groups excluding carboxylic acids is 1. The van der Waals surface area contributed by atoms with Gasteiger partial charge in [0.1, 0.15) is 5.88 Å². The van der Waals surface area contributed by atoms with E-state index in [0.29, 0.717) is 31.0 Å². The van der Waals surface area contributed by atoms with Crippen molar-refractivity contribution < 1.29 is 13.2 Å². The van der Waals surface area contributed by atoms with Crippen LogP contribution in [0.15, 0.2) is 29.2 Å². The van der Waals surface area contributed by atoms with E-state index in [1.807, 2.05) is 0 Å². The van der Waals surface area contributed by atoms with Crippen LogP contribution in [0.3, 0.4) is 0 Å². The molecule has 0 radical (unpaired) electrons. The average molecular weight is 359 g/mol. The molecule has 23 heavy (non-hydrogen) atoms. The van der Waals surface area contributed by atoms with E-state index in [0.717, 1.165) is 31.2 Å². The van der Waals surface area contributed by atoms with Gasteiger partial charge in [-0.05, 0) is 37.0 Å². The first-order chi connectivity index (χ1) is 11.0. The van der Waals surface area contributed by atoms with Crippen LogP contribution in [0.1, 0.15) is 31.2 Å². The van der Waals surface area contributed by atoms with E-state index in [4.69, 9.17) is 11.6 Å². The molecule has 5 nitrogen and oxygen atoms in total. The van der Waals surface area contributed by atoms with Crippen LogP contribution in [0, 0.1) is 0 Å². The van der Waals surface area contributed by atoms with Crippen LogP contribution in [-0.4, -0.2) is 44.1 Å². The monoisotopic (exact) mass is 358 g/mol. The summed E-state index contributed by atoms with van der Waals surface area (Å²) in [6, 6.07) is 6.91. The fourth-order valence-electron chi connectivity index (χ4n) is 2.65. The molecule has 1 saturated heterocycles. The minimum atomic E-state index is -3.39. The van der Waals surface area contributed by atoms with E-state index in [1.165, 1.54) is 0 Å². The molecule has 0 aliphatic carbocycles. The Hall–Kier alpha value is -1.11. The van der Waals surface area contributed by atoms with E-state index in [-0.39, 0.29) is 11.8 Å². The number of nitrogens with zero attached hydrogens (tertiary/aromatic N) is 1. The molecule has 0 saturated carbocycles. The Bertz CT molecular complexity index is 609. The molecule has 0 bridgehead atoms. The molecule has 2 rings (SSSR count). The van der Waals surface area contributed by atoms with Gasteiger partial charge in [0.05, 0.1) is 4.90 Å². The molecule has 1 aliphatic heterocycles. The van der Waals surface area contributed by atoms with Crippen LogP contribution in [-0.2, 0) is 21.2 Å². The number of hydrogen-bond acceptors (Lipinski definition) is 3. The normalized spacial score (nSPS) is 16.7. The molecular formula is C16H23ClN2O3S. The number of sulfonamides is 1. The molecule has 1 aromatic carbocycles. The van der Waals surface area contributed by atoms with Crippen molar-refractivity contribution in [2.24, 2.45) is 0 Å². The van der Waals surface area contributed by atoms with Gasteiger partial charge in [0.25, 0.3) is 0 Å². The summed E-state index contributed by atoms with van der Waals surface area (Å²) in [5.74, 6) is -0.250. The van der Waals surface area contributed by atoms with Crippen molar-refractivity contribution in [1.82, 2.24) is 9.62 Å². The van der Waals surface area contributed by atoms with Crippen LogP contribution in [0.4, 0.5) is 0 Å². The molecule has 0 atom stereocenters. The average Bonchev–Trinajstić information content (AvgIpc) is 2.85. The second-order valence-corrected chi connectivity index (χ2v) is 7.90. The summed E-state index contributed by atoms with van der Waals surface area (Å²) in [4.78, 5) is 11.4. The van der Waals surface area contributed by atoms with E-state index in [1.54, 1.807) is 28.6 Å². The van der Waals surface area contributed by atoms with E-state index < -0.39 is 10.0 Å². The molecule has 1 amide bonds. The van der Waals surface area contributed by atoms with E-state index in [2.05, 4.69) is 5.32 Å². The lowest BCUT2D eigenvalue weighted by atomic mass is 10.1. The Balaban J connectivity index is 1.98. The second-order valence-electron chi connectivity index (χ2n) is 5.70. The van der Waals surface area contributed by atoms with Crippen molar-refractivity contribution in [3.63, 3.8) is 0 Å². The summed E-state index contributed by atoms with van der Waals surface area (Å²) in [7, 11) is -3.39. The Morgan fingerprint density at radius 2 is 1.70 bits per heavy atom. The highest BCUT2D eigenvalue weighted by Crippen LogP contribution is 2.20. The van der Waals surface area contributed by atoms with E-state index in [9.17, 15) is 13.2 Å². The number of hydrogen-bond donors (Lipinski definition) is 1. The van der Waals surface area contributed by atoms with Crippen LogP contribution in [0.5, 0.6) is 0 Å². The second kappa shape index (κ2) is 8.66. The molecule has 1 aromatic rings. The third-order valence-corrected chi connectivity index (χ3v) is 6.14. The summed E-state index contributed by atoms with van der Waals surface area (Å²) >= 11 is 5.41. The molecule has 0 unspecified atom stereocenters. The van der Waals surface area contributed by atoms with Crippen molar-refractivity contribution in [3.05, 3.63) is 29.8 Å². The molecule has 1 fully saturated rings. The topological polar surface area (TPSA) is 66.5 Å². The van der Waals surface area contributed by atoms with Crippen LogP contribution in [0.2, 0.25) is 0 Å². The first-order valence-corrected chi connectivity index (χ1v) is 9.93. The minimum Gasteiger partial charge on any atom is -0.355 e. The predicted octanol–water partition coefficient (Wildman–Crippen LogP) is 2.15. The van der Waals surface area contributed by atoms with Crippen molar-refractivity contribution in [1.29, 1.82) is 0 Å². The highest BCUT2D eigenvalue weighted by molar-refractivity contribution is 7.89. The number of alkyl halides is 1. The molecular weight excluding hydrogens is 336 g/mol. The summed E-state index contributed by atoms with van der Waals surface area (Å²) in [6.07, 6.45) is 4.69. The SMILES string of the molecule is O=C(CCl)NCCc1ccc(S(=O)(=O)N2CCCCCC2)cc1. The zero-order valence-electron chi connectivity index (χ0n) is 13.1. The first-order valence-electron chi connectivity index (χ1n) is 7.96. The maximum absolute atomic E-state index is 12.6. The molecule has 0 spiro atoms. The number of amides is 1. The summed E-state index contributed by atoms with van der Waals surface area (Å²) in [5, 5.41) is 2.69. The maximum Gasteiger partial charge on any atom is 0.243 e. The fraction of sp³-hybridized carbons (Fsp3) is 0.562. The fourth-order valence-corrected chi connectivity index (χ4v) is 4.26. The summed E-state index contributed by atoms with van der Waals surface area (Å²) in [6.45, 7) is 1.70. The number of rotatable bonds is 6. The van der Waals surface area contributed by atoms with Gasteiger partial charge in [-0.3, -0.25) is 4.79 Å². The highest BCUT2D eigenvalue weighted by atomic mass is 35.5. The number of benzene rings is 1. The summed E-state index contributed by atoms with van der Waals surface area (Å²) < 4.78 is 26.9. The van der Waals surface area contributed by atoms with Gasteiger partial charge in [-0.15, -0.1) is 11.6 Å². The molecule has 7 heteroatoms. The number of nitrogens with one attached hydrogen (secondary N) is 1. The number of halogens is 1. The van der Waals surface area contributed by atoms with E-state index >= 15 is 0 Å². The lowest BCUT2D eigenvalue weighted by Crippen LogP contribution is -2.31. The van der Waals surface area contributed by atoms with Crippen LogP contribution in [0.25, 0.3) is 0 Å². The third kappa shape index (κ3) is 5.19. The van der Waals surface area contributed by atoms with Gasteiger partial charge in [0.15, 0.2) is 0 Å². The highest BCUT2D eigenvalue weighted by Gasteiger charge is 2.24. The Morgan fingerprint density at radius 1 is 1.09 bits per heavy atom. The Kier molecular flexibility index (Phi) is 6.87. The smallest absolute Gasteiger partial charge is 0.243 e. The first kappa shape index (κ1) is 18.2. The van der Waals surface area contributed by atoms with Crippen molar-refractivity contribution in [2.45, 2.75) is 37.0 Å². The van der Waals surface area contributed by atoms with Crippen molar-refractivity contribution in [2.75, 3.05) is 25.5 Å². The predicted molar refractivity (Wildman–Crippen MR) is 91.1 cm³/mol. The quantitative estimate of drug-likeness (QED) is 0.792. The van der Waals surface area contributed by atoms with Gasteiger partial charge in [0.2, 0.25) is 15.9 Å². The van der Waals surface area contributed by atoms with Crippen LogP contribution >= 0.6 is 11.6 Å². The molecule has 1 N–H and O–H groups in total. The van der Waals surface area contributed by atoms with Gasteiger partial charge in [-0.1, -0.05) is 25.0 Å². The molecule has 1 heterocycles. The largest absolute Gasteiger partial charge is 0.355 e. The Labute approximate surface area is 143 Å². The van der Waals surface area contributed by atoms with Gasteiger partial charge in [0, 0.05) is 19.6 Å². The third-order valence-electron chi connectivity index (χ3n) is 3.98. The van der Waals surface area contributed by atoms with Crippen molar-refractivity contribution >= 4 is 27.5 Å². The minimum absolute atomic E-state index is 0.0486. The molecule has 1 aliphatic rings. The van der Waals surface area contributed by atoms with Gasteiger partial charge in [-0.25, -0.2) is 8.42 Å². The molecule has 128 valence electrons. The molecule has 0 aromatic heterocycles. The lowest BCUT2D eigenvalue weighted by Gasteiger charge is -2.20. The Morgan fingerprint density at radius 3 is 2.26 bits per heavy atom. The van der Waals surface area contributed by atoms with Crippen molar-refractivity contribution in [3.8, 4) is 0 Å². The van der Waals surface area contributed by atoms with Gasteiger partial charge < -0.3 is 5.32 Å². The van der Waals surface area contributed by atoms with Crippen LogP contribution < -0.4 is 5.32 Å². The summed E-state index contributed by atoms with van der Waals surface area (Å²) in [5.41, 5.74) is 0.981.